The van der Waals surface area contributed by atoms with Crippen LogP contribution < -0.4 is 9.47 Å². The van der Waals surface area contributed by atoms with E-state index in [0.29, 0.717) is 5.69 Å². The maximum absolute atomic E-state index is 12.6. The molecule has 0 unspecified atom stereocenters. The third-order valence-corrected chi connectivity index (χ3v) is 4.04. The largest absolute Gasteiger partial charge is 0.497 e. The number of carbonyl (C=O) groups is 1. The molecule has 116 valence electrons. The zero-order valence-electron chi connectivity index (χ0n) is 12.7. The Labute approximate surface area is 129 Å². The number of benzene rings is 1. The molecule has 6 nitrogen and oxygen atoms in total. The van der Waals surface area contributed by atoms with E-state index in [-0.39, 0.29) is 11.9 Å². The molecule has 0 radical (unpaired) electrons. The molecule has 1 amide bonds. The van der Waals surface area contributed by atoms with Crippen molar-refractivity contribution in [1.82, 2.24) is 15.1 Å². The van der Waals surface area contributed by atoms with Crippen LogP contribution in [0.15, 0.2) is 30.5 Å². The van der Waals surface area contributed by atoms with E-state index < -0.39 is 0 Å². The van der Waals surface area contributed by atoms with Crippen LogP contribution in [0.1, 0.15) is 34.9 Å². The van der Waals surface area contributed by atoms with Crippen LogP contribution in [-0.4, -0.2) is 41.8 Å². The van der Waals surface area contributed by atoms with Crippen molar-refractivity contribution in [3.8, 4) is 11.5 Å². The second-order valence-corrected chi connectivity index (χ2v) is 5.23. The summed E-state index contributed by atoms with van der Waals surface area (Å²) in [6.07, 6.45) is 3.46. The lowest BCUT2D eigenvalue weighted by Gasteiger charge is -2.26. The van der Waals surface area contributed by atoms with Gasteiger partial charge in [0.25, 0.3) is 5.91 Å². The van der Waals surface area contributed by atoms with E-state index in [0.717, 1.165) is 36.4 Å². The molecule has 1 fully saturated rings. The first kappa shape index (κ1) is 14.4. The summed E-state index contributed by atoms with van der Waals surface area (Å²) in [5, 5.41) is 6.60. The van der Waals surface area contributed by atoms with Gasteiger partial charge in [-0.3, -0.25) is 9.89 Å². The van der Waals surface area contributed by atoms with Crippen molar-refractivity contribution < 1.29 is 14.3 Å². The minimum Gasteiger partial charge on any atom is -0.497 e. The number of ether oxygens (including phenoxy) is 2. The Morgan fingerprint density at radius 2 is 2.18 bits per heavy atom. The number of nitrogens with one attached hydrogen (secondary N) is 1. The normalized spacial score (nSPS) is 17.5. The molecule has 2 aromatic rings. The van der Waals surface area contributed by atoms with Crippen molar-refractivity contribution in [2.75, 3.05) is 20.8 Å². The van der Waals surface area contributed by atoms with E-state index in [1.54, 1.807) is 26.5 Å². The molecule has 0 bridgehead atoms. The van der Waals surface area contributed by atoms with Crippen molar-refractivity contribution in [1.29, 1.82) is 0 Å². The molecule has 22 heavy (non-hydrogen) atoms. The Morgan fingerprint density at radius 3 is 2.86 bits per heavy atom. The van der Waals surface area contributed by atoms with Crippen LogP contribution in [0, 0.1) is 0 Å². The van der Waals surface area contributed by atoms with Gasteiger partial charge in [-0.2, -0.15) is 5.10 Å². The lowest BCUT2D eigenvalue weighted by molar-refractivity contribution is 0.0728. The van der Waals surface area contributed by atoms with E-state index in [1.165, 1.54) is 0 Å². The van der Waals surface area contributed by atoms with Crippen LogP contribution in [0.4, 0.5) is 0 Å². The summed E-state index contributed by atoms with van der Waals surface area (Å²) in [6.45, 7) is 0.725. The number of hydrogen-bond acceptors (Lipinski definition) is 4. The number of likely N-dealkylation sites (tertiary alicyclic amines) is 1. The fourth-order valence-corrected chi connectivity index (χ4v) is 2.96. The minimum absolute atomic E-state index is 0.0131. The molecule has 1 atom stereocenters. The molecule has 0 aliphatic carbocycles. The van der Waals surface area contributed by atoms with Gasteiger partial charge in [0.1, 0.15) is 17.2 Å². The molecule has 1 saturated heterocycles. The smallest absolute Gasteiger partial charge is 0.272 e. The first-order chi connectivity index (χ1) is 10.7. The van der Waals surface area contributed by atoms with Crippen molar-refractivity contribution in [3.05, 3.63) is 41.7 Å². The Morgan fingerprint density at radius 1 is 1.32 bits per heavy atom. The first-order valence-electron chi connectivity index (χ1n) is 7.27. The highest BCUT2D eigenvalue weighted by Crippen LogP contribution is 2.39. The zero-order chi connectivity index (χ0) is 15.5. The second-order valence-electron chi connectivity index (χ2n) is 5.23. The average molecular weight is 301 g/mol. The minimum atomic E-state index is -0.0372. The topological polar surface area (TPSA) is 67.5 Å². The van der Waals surface area contributed by atoms with Crippen molar-refractivity contribution in [2.24, 2.45) is 0 Å². The van der Waals surface area contributed by atoms with Crippen LogP contribution in [0.5, 0.6) is 11.5 Å². The molecule has 1 aromatic heterocycles. The Balaban J connectivity index is 1.94. The van der Waals surface area contributed by atoms with Crippen LogP contribution in [0.3, 0.4) is 0 Å². The second kappa shape index (κ2) is 6.09. The number of amides is 1. The SMILES string of the molecule is COc1ccc(OC)c([C@@H]2CCCN2C(=O)c2ccn[nH]2)c1. The number of carbonyl (C=O) groups excluding carboxylic acids is 1. The van der Waals surface area contributed by atoms with Crippen LogP contribution in [0.2, 0.25) is 0 Å². The van der Waals surface area contributed by atoms with Gasteiger partial charge in [0.15, 0.2) is 0 Å². The third-order valence-electron chi connectivity index (χ3n) is 4.04. The Bertz CT molecular complexity index is 655. The summed E-state index contributed by atoms with van der Waals surface area (Å²) in [6, 6.07) is 7.37. The number of hydrogen-bond donors (Lipinski definition) is 1. The Kier molecular flexibility index (Phi) is 4.00. The fraction of sp³-hybridized carbons (Fsp3) is 0.375. The Hall–Kier alpha value is -2.50. The molecule has 2 heterocycles. The van der Waals surface area contributed by atoms with Gasteiger partial charge >= 0.3 is 0 Å². The van der Waals surface area contributed by atoms with E-state index in [1.807, 2.05) is 23.1 Å². The molecule has 1 aliphatic rings. The summed E-state index contributed by atoms with van der Waals surface area (Å²) in [4.78, 5) is 14.5. The number of methoxy groups -OCH3 is 2. The highest BCUT2D eigenvalue weighted by Gasteiger charge is 2.33. The lowest BCUT2D eigenvalue weighted by atomic mass is 10.0. The van der Waals surface area contributed by atoms with Gasteiger partial charge in [-0.15, -0.1) is 0 Å². The summed E-state index contributed by atoms with van der Waals surface area (Å²) in [5.41, 5.74) is 1.49. The number of aromatic nitrogens is 2. The molecular formula is C16H19N3O3. The molecule has 0 saturated carbocycles. The summed E-state index contributed by atoms with van der Waals surface area (Å²) in [5.74, 6) is 1.50. The number of nitrogens with zero attached hydrogens (tertiary/aromatic N) is 2. The van der Waals surface area contributed by atoms with Gasteiger partial charge in [-0.05, 0) is 37.1 Å². The van der Waals surface area contributed by atoms with E-state index >= 15 is 0 Å². The van der Waals surface area contributed by atoms with Gasteiger partial charge in [0.2, 0.25) is 0 Å². The predicted octanol–water partition coefficient (Wildman–Crippen LogP) is 2.40. The summed E-state index contributed by atoms with van der Waals surface area (Å²) < 4.78 is 10.8. The molecular weight excluding hydrogens is 282 g/mol. The highest BCUT2D eigenvalue weighted by molar-refractivity contribution is 5.92. The zero-order valence-corrected chi connectivity index (χ0v) is 12.7. The van der Waals surface area contributed by atoms with Gasteiger partial charge in [-0.1, -0.05) is 0 Å². The average Bonchev–Trinajstić information content (AvgIpc) is 3.24. The summed E-state index contributed by atoms with van der Waals surface area (Å²) >= 11 is 0. The van der Waals surface area contributed by atoms with Gasteiger partial charge in [0.05, 0.1) is 20.3 Å². The number of aromatic amines is 1. The fourth-order valence-electron chi connectivity index (χ4n) is 2.96. The highest BCUT2D eigenvalue weighted by atomic mass is 16.5. The van der Waals surface area contributed by atoms with Gasteiger partial charge < -0.3 is 14.4 Å². The predicted molar refractivity (Wildman–Crippen MR) is 81.1 cm³/mol. The molecule has 1 aliphatic heterocycles. The van der Waals surface area contributed by atoms with Crippen LogP contribution in [-0.2, 0) is 0 Å². The van der Waals surface area contributed by atoms with Crippen LogP contribution >= 0.6 is 0 Å². The molecule has 0 spiro atoms. The molecule has 1 aromatic carbocycles. The van der Waals surface area contributed by atoms with Crippen molar-refractivity contribution >= 4 is 5.91 Å². The van der Waals surface area contributed by atoms with Gasteiger partial charge in [-0.25, -0.2) is 0 Å². The van der Waals surface area contributed by atoms with E-state index in [2.05, 4.69) is 10.2 Å². The molecule has 1 N–H and O–H groups in total. The van der Waals surface area contributed by atoms with E-state index in [9.17, 15) is 4.79 Å². The maximum Gasteiger partial charge on any atom is 0.272 e. The molecule has 6 heteroatoms. The first-order valence-corrected chi connectivity index (χ1v) is 7.27. The third kappa shape index (κ3) is 2.52. The van der Waals surface area contributed by atoms with E-state index in [4.69, 9.17) is 9.47 Å². The number of H-pyrrole nitrogens is 1. The van der Waals surface area contributed by atoms with Gasteiger partial charge in [0, 0.05) is 18.3 Å². The van der Waals surface area contributed by atoms with Crippen LogP contribution in [0.25, 0.3) is 0 Å². The monoisotopic (exact) mass is 301 g/mol. The summed E-state index contributed by atoms with van der Waals surface area (Å²) in [7, 11) is 3.27. The molecule has 3 rings (SSSR count). The quantitative estimate of drug-likeness (QED) is 0.941. The lowest BCUT2D eigenvalue weighted by Crippen LogP contribution is -2.31. The number of rotatable bonds is 4. The van der Waals surface area contributed by atoms with Crippen molar-refractivity contribution in [3.63, 3.8) is 0 Å². The maximum atomic E-state index is 12.6. The van der Waals surface area contributed by atoms with Crippen molar-refractivity contribution in [2.45, 2.75) is 18.9 Å². The standard InChI is InChI=1S/C16H19N3O3/c1-21-11-5-6-15(22-2)12(10-11)14-4-3-9-19(14)16(20)13-7-8-17-18-13/h5-8,10,14H,3-4,9H2,1-2H3,(H,17,18)/t14-/m0/s1.